The number of amides is 1. The van der Waals surface area contributed by atoms with E-state index in [1.165, 1.54) is 82.4 Å². The van der Waals surface area contributed by atoms with Crippen LogP contribution in [-0.4, -0.2) is 36.4 Å². The molecule has 1 aromatic carbocycles. The number of carbonyl (C=O) groups is 2. The van der Waals surface area contributed by atoms with Gasteiger partial charge in [-0.25, -0.2) is 0 Å². The van der Waals surface area contributed by atoms with Crippen LogP contribution in [0.5, 0.6) is 5.75 Å². The van der Waals surface area contributed by atoms with Crippen molar-refractivity contribution < 1.29 is 14.7 Å². The van der Waals surface area contributed by atoms with Gasteiger partial charge in [-0.15, -0.1) is 0 Å². The molecule has 0 bridgehead atoms. The third-order valence-corrected chi connectivity index (χ3v) is 5.58. The summed E-state index contributed by atoms with van der Waals surface area (Å²) in [6.07, 6.45) is 15.9. The fourth-order valence-corrected chi connectivity index (χ4v) is 3.85. The molecule has 0 aliphatic heterocycles. The molecule has 0 heterocycles. The first kappa shape index (κ1) is 22.4. The zero-order valence-electron chi connectivity index (χ0n) is 17.0. The number of aldehydes is 1. The van der Waals surface area contributed by atoms with Crippen molar-refractivity contribution in [1.29, 1.82) is 0 Å². The van der Waals surface area contributed by atoms with Crippen LogP contribution in [0.2, 0.25) is 0 Å². The molecule has 0 aromatic heterocycles. The maximum atomic E-state index is 12.1. The molecule has 0 atom stereocenters. The summed E-state index contributed by atoms with van der Waals surface area (Å²) in [5, 5.41) is 16.3. The summed E-state index contributed by atoms with van der Waals surface area (Å²) in [5.74, 6) is -0.425. The van der Waals surface area contributed by atoms with Gasteiger partial charge in [-0.05, 0) is 50.4 Å². The Labute approximate surface area is 169 Å². The van der Waals surface area contributed by atoms with E-state index >= 15 is 0 Å². The number of aromatic hydroxyl groups is 1. The summed E-state index contributed by atoms with van der Waals surface area (Å²) < 4.78 is 0. The summed E-state index contributed by atoms with van der Waals surface area (Å²) in [6, 6.07) is 5.03. The Bertz CT molecular complexity index is 596. The first-order chi connectivity index (χ1) is 13.7. The molecule has 5 nitrogen and oxygen atoms in total. The number of unbranched alkanes of at least 4 members (excludes halogenated alkanes) is 5. The molecule has 5 heteroatoms. The number of rotatable bonds is 12. The van der Waals surface area contributed by atoms with Gasteiger partial charge in [0.2, 0.25) is 0 Å². The van der Waals surface area contributed by atoms with E-state index in [2.05, 4.69) is 10.6 Å². The Morgan fingerprint density at radius 1 is 0.964 bits per heavy atom. The standard InChI is InChI=1S/C23H36N2O3/c26-18-19-13-14-22(27)21(17-19)23(28)25-16-10-6-2-1-5-9-15-24-20-11-7-3-4-8-12-20/h13-14,17-18,20,24,27H,1-12,15-16H2,(H,25,28). The van der Waals surface area contributed by atoms with Crippen molar-refractivity contribution >= 4 is 12.2 Å². The molecule has 1 aromatic rings. The number of phenolic OH excluding ortho intramolecular Hbond substituents is 1. The van der Waals surface area contributed by atoms with Gasteiger partial charge in [0.25, 0.3) is 5.91 Å². The molecule has 0 radical (unpaired) electrons. The lowest BCUT2D eigenvalue weighted by molar-refractivity contribution is 0.0950. The average Bonchev–Trinajstić information content (AvgIpc) is 2.98. The highest BCUT2D eigenvalue weighted by molar-refractivity contribution is 5.98. The predicted octanol–water partition coefficient (Wildman–Crippen LogP) is 4.59. The highest BCUT2D eigenvalue weighted by atomic mass is 16.3. The second-order valence-corrected chi connectivity index (χ2v) is 7.91. The molecular formula is C23H36N2O3. The van der Waals surface area contributed by atoms with Gasteiger partial charge < -0.3 is 15.7 Å². The molecule has 0 saturated heterocycles. The van der Waals surface area contributed by atoms with Crippen molar-refractivity contribution in [1.82, 2.24) is 10.6 Å². The molecule has 1 aliphatic rings. The van der Waals surface area contributed by atoms with Gasteiger partial charge in [-0.1, -0.05) is 51.4 Å². The van der Waals surface area contributed by atoms with Crippen LogP contribution in [0.4, 0.5) is 0 Å². The fraction of sp³-hybridized carbons (Fsp3) is 0.652. The lowest BCUT2D eigenvalue weighted by Gasteiger charge is -2.15. The topological polar surface area (TPSA) is 78.4 Å². The van der Waals surface area contributed by atoms with Crippen molar-refractivity contribution in [2.75, 3.05) is 13.1 Å². The second kappa shape index (κ2) is 13.3. The van der Waals surface area contributed by atoms with E-state index in [4.69, 9.17) is 0 Å². The highest BCUT2D eigenvalue weighted by Crippen LogP contribution is 2.18. The molecule has 3 N–H and O–H groups in total. The molecule has 28 heavy (non-hydrogen) atoms. The van der Waals surface area contributed by atoms with Gasteiger partial charge in [-0.3, -0.25) is 9.59 Å². The van der Waals surface area contributed by atoms with Crippen LogP contribution in [-0.2, 0) is 0 Å². The van der Waals surface area contributed by atoms with Crippen molar-refractivity contribution in [3.05, 3.63) is 29.3 Å². The number of phenols is 1. The van der Waals surface area contributed by atoms with Gasteiger partial charge >= 0.3 is 0 Å². The third-order valence-electron chi connectivity index (χ3n) is 5.58. The predicted molar refractivity (Wildman–Crippen MR) is 113 cm³/mol. The Hall–Kier alpha value is -1.88. The van der Waals surface area contributed by atoms with Crippen LogP contribution < -0.4 is 10.6 Å². The van der Waals surface area contributed by atoms with E-state index in [0.29, 0.717) is 18.4 Å². The van der Waals surface area contributed by atoms with Crippen LogP contribution in [0.1, 0.15) is 97.8 Å². The normalized spacial score (nSPS) is 15.1. The minimum absolute atomic E-state index is 0.0967. The lowest BCUT2D eigenvalue weighted by atomic mass is 10.1. The number of hydrogen-bond acceptors (Lipinski definition) is 4. The molecule has 1 aliphatic carbocycles. The summed E-state index contributed by atoms with van der Waals surface area (Å²) in [6.45, 7) is 1.73. The number of carbonyl (C=O) groups excluding carboxylic acids is 2. The first-order valence-electron chi connectivity index (χ1n) is 11.0. The lowest BCUT2D eigenvalue weighted by Crippen LogP contribution is -2.29. The van der Waals surface area contributed by atoms with Crippen molar-refractivity contribution in [3.63, 3.8) is 0 Å². The minimum Gasteiger partial charge on any atom is -0.507 e. The van der Waals surface area contributed by atoms with E-state index in [-0.39, 0.29) is 17.2 Å². The van der Waals surface area contributed by atoms with Gasteiger partial charge in [0.15, 0.2) is 0 Å². The van der Waals surface area contributed by atoms with E-state index in [0.717, 1.165) is 25.4 Å². The number of benzene rings is 1. The zero-order valence-corrected chi connectivity index (χ0v) is 17.0. The van der Waals surface area contributed by atoms with Gasteiger partial charge in [0.1, 0.15) is 12.0 Å². The molecule has 1 saturated carbocycles. The Morgan fingerprint density at radius 3 is 2.29 bits per heavy atom. The molecule has 0 unspecified atom stereocenters. The molecular weight excluding hydrogens is 352 g/mol. The maximum Gasteiger partial charge on any atom is 0.255 e. The Morgan fingerprint density at radius 2 is 1.61 bits per heavy atom. The fourth-order valence-electron chi connectivity index (χ4n) is 3.85. The molecule has 1 fully saturated rings. The summed E-state index contributed by atoms with van der Waals surface area (Å²) in [7, 11) is 0. The van der Waals surface area contributed by atoms with Gasteiger partial charge in [-0.2, -0.15) is 0 Å². The molecule has 0 spiro atoms. The average molecular weight is 389 g/mol. The quantitative estimate of drug-likeness (QED) is 0.278. The largest absolute Gasteiger partial charge is 0.507 e. The third kappa shape index (κ3) is 8.42. The smallest absolute Gasteiger partial charge is 0.255 e. The van der Waals surface area contributed by atoms with Crippen LogP contribution in [0.15, 0.2) is 18.2 Å². The van der Waals surface area contributed by atoms with E-state index in [1.54, 1.807) is 0 Å². The maximum absolute atomic E-state index is 12.1. The van der Waals surface area contributed by atoms with Crippen molar-refractivity contribution in [3.8, 4) is 5.75 Å². The summed E-state index contributed by atoms with van der Waals surface area (Å²) in [4.78, 5) is 22.9. The highest BCUT2D eigenvalue weighted by Gasteiger charge is 2.12. The van der Waals surface area contributed by atoms with Crippen molar-refractivity contribution in [2.45, 2.75) is 83.1 Å². The van der Waals surface area contributed by atoms with E-state index in [1.807, 2.05) is 0 Å². The van der Waals surface area contributed by atoms with Crippen LogP contribution in [0.25, 0.3) is 0 Å². The zero-order chi connectivity index (χ0) is 20.0. The van der Waals surface area contributed by atoms with E-state index < -0.39 is 0 Å². The summed E-state index contributed by atoms with van der Waals surface area (Å²) >= 11 is 0. The molecule has 2 rings (SSSR count). The van der Waals surface area contributed by atoms with Crippen molar-refractivity contribution in [2.24, 2.45) is 0 Å². The molecule has 1 amide bonds. The number of nitrogens with one attached hydrogen (secondary N) is 2. The van der Waals surface area contributed by atoms with Crippen LogP contribution in [0, 0.1) is 0 Å². The Balaban J connectivity index is 1.46. The first-order valence-corrected chi connectivity index (χ1v) is 11.0. The van der Waals surface area contributed by atoms with Crippen LogP contribution >= 0.6 is 0 Å². The van der Waals surface area contributed by atoms with Crippen LogP contribution in [0.3, 0.4) is 0 Å². The number of hydrogen-bond donors (Lipinski definition) is 3. The SMILES string of the molecule is O=Cc1ccc(O)c(C(=O)NCCCCCCCCNC2CCCCCC2)c1. The monoisotopic (exact) mass is 388 g/mol. The summed E-state index contributed by atoms with van der Waals surface area (Å²) in [5.41, 5.74) is 0.544. The second-order valence-electron chi connectivity index (χ2n) is 7.91. The van der Waals surface area contributed by atoms with Gasteiger partial charge in [0, 0.05) is 18.2 Å². The minimum atomic E-state index is -0.328. The Kier molecular flexibility index (Phi) is 10.7. The molecule has 156 valence electrons. The van der Waals surface area contributed by atoms with E-state index in [9.17, 15) is 14.7 Å². The van der Waals surface area contributed by atoms with Gasteiger partial charge in [0.05, 0.1) is 5.56 Å².